The molecule has 0 radical (unpaired) electrons. The highest BCUT2D eigenvalue weighted by Gasteiger charge is 2.17. The van der Waals surface area contributed by atoms with E-state index in [1.807, 2.05) is 0 Å². The number of hydrogen-bond donors (Lipinski definition) is 1. The van der Waals surface area contributed by atoms with Gasteiger partial charge in [-0.1, -0.05) is 13.8 Å². The summed E-state index contributed by atoms with van der Waals surface area (Å²) in [6, 6.07) is 0. The molecule has 1 heterocycles. The minimum atomic E-state index is -0.144. The van der Waals surface area contributed by atoms with E-state index in [0.29, 0.717) is 12.0 Å². The molecule has 2 atom stereocenters. The summed E-state index contributed by atoms with van der Waals surface area (Å²) in [4.78, 5) is 0. The quantitative estimate of drug-likeness (QED) is 0.702. The van der Waals surface area contributed by atoms with E-state index in [2.05, 4.69) is 13.8 Å². The van der Waals surface area contributed by atoms with Crippen molar-refractivity contribution in [1.29, 1.82) is 0 Å². The number of rotatable bonds is 4. The van der Waals surface area contributed by atoms with Crippen molar-refractivity contribution in [3.05, 3.63) is 0 Å². The minimum absolute atomic E-state index is 0.144. The minimum Gasteiger partial charge on any atom is -0.393 e. The van der Waals surface area contributed by atoms with Gasteiger partial charge in [-0.25, -0.2) is 0 Å². The summed E-state index contributed by atoms with van der Waals surface area (Å²) in [5, 5.41) is 9.53. The third kappa shape index (κ3) is 3.11. The Morgan fingerprint density at radius 1 is 1.50 bits per heavy atom. The molecule has 2 unspecified atom stereocenters. The molecule has 0 aromatic carbocycles. The van der Waals surface area contributed by atoms with Crippen LogP contribution in [0.2, 0.25) is 0 Å². The highest BCUT2D eigenvalue weighted by Crippen LogP contribution is 2.19. The lowest BCUT2D eigenvalue weighted by Gasteiger charge is -2.16. The van der Waals surface area contributed by atoms with Crippen LogP contribution in [-0.4, -0.2) is 23.9 Å². The van der Waals surface area contributed by atoms with E-state index in [1.165, 1.54) is 12.8 Å². The lowest BCUT2D eigenvalue weighted by molar-refractivity contribution is 0.0663. The molecule has 1 fully saturated rings. The zero-order chi connectivity index (χ0) is 8.97. The molecule has 2 nitrogen and oxygen atoms in total. The molecular weight excluding hydrogens is 152 g/mol. The van der Waals surface area contributed by atoms with Gasteiger partial charge in [0, 0.05) is 6.61 Å². The van der Waals surface area contributed by atoms with Gasteiger partial charge in [0.05, 0.1) is 12.2 Å². The van der Waals surface area contributed by atoms with E-state index >= 15 is 0 Å². The number of ether oxygens (including phenoxy) is 1. The van der Waals surface area contributed by atoms with E-state index in [9.17, 15) is 5.11 Å². The molecule has 0 spiro atoms. The topological polar surface area (TPSA) is 29.5 Å². The van der Waals surface area contributed by atoms with Crippen molar-refractivity contribution in [3.8, 4) is 0 Å². The van der Waals surface area contributed by atoms with Gasteiger partial charge < -0.3 is 9.84 Å². The summed E-state index contributed by atoms with van der Waals surface area (Å²) in [6.45, 7) is 5.03. The van der Waals surface area contributed by atoms with E-state index in [0.717, 1.165) is 19.4 Å². The molecule has 1 rings (SSSR count). The molecule has 0 aliphatic carbocycles. The molecule has 1 saturated heterocycles. The Bertz CT molecular complexity index is 115. The molecule has 1 aliphatic heterocycles. The zero-order valence-electron chi connectivity index (χ0n) is 8.12. The van der Waals surface area contributed by atoms with Gasteiger partial charge in [-0.3, -0.25) is 0 Å². The molecule has 1 aliphatic rings. The Morgan fingerprint density at radius 2 is 2.25 bits per heavy atom. The van der Waals surface area contributed by atoms with Gasteiger partial charge in [-0.2, -0.15) is 0 Å². The summed E-state index contributed by atoms with van der Waals surface area (Å²) in [6.07, 6.45) is 4.59. The highest BCUT2D eigenvalue weighted by molar-refractivity contribution is 4.68. The maximum Gasteiger partial charge on any atom is 0.0577 e. The van der Waals surface area contributed by atoms with E-state index < -0.39 is 0 Å². The van der Waals surface area contributed by atoms with Crippen LogP contribution in [0.5, 0.6) is 0 Å². The van der Waals surface area contributed by atoms with Crippen molar-refractivity contribution in [2.24, 2.45) is 5.92 Å². The molecule has 0 aromatic rings. The van der Waals surface area contributed by atoms with Crippen LogP contribution in [0.15, 0.2) is 0 Å². The van der Waals surface area contributed by atoms with E-state index in [-0.39, 0.29) is 6.10 Å². The van der Waals surface area contributed by atoms with Crippen LogP contribution < -0.4 is 0 Å². The van der Waals surface area contributed by atoms with Gasteiger partial charge >= 0.3 is 0 Å². The summed E-state index contributed by atoms with van der Waals surface area (Å²) in [5.41, 5.74) is 0. The Labute approximate surface area is 74.9 Å². The predicted octanol–water partition coefficient (Wildman–Crippen LogP) is 1.96. The van der Waals surface area contributed by atoms with Gasteiger partial charge in [0.2, 0.25) is 0 Å². The Morgan fingerprint density at radius 3 is 2.75 bits per heavy atom. The lowest BCUT2D eigenvalue weighted by Crippen LogP contribution is -2.17. The van der Waals surface area contributed by atoms with E-state index in [1.54, 1.807) is 0 Å². The fraction of sp³-hybridized carbons (Fsp3) is 1.00. The first-order valence-corrected chi connectivity index (χ1v) is 5.00. The third-order valence-electron chi connectivity index (χ3n) is 2.58. The Hall–Kier alpha value is -0.0800. The molecule has 0 amide bonds. The van der Waals surface area contributed by atoms with Crippen molar-refractivity contribution in [2.45, 2.75) is 51.7 Å². The van der Waals surface area contributed by atoms with Crippen LogP contribution in [0.25, 0.3) is 0 Å². The van der Waals surface area contributed by atoms with Crippen molar-refractivity contribution >= 4 is 0 Å². The lowest BCUT2D eigenvalue weighted by atomic mass is 10.00. The standard InChI is InChI=1S/C10H20O2/c1-8(2)10(11)6-5-9-4-3-7-12-9/h8-11H,3-7H2,1-2H3. The van der Waals surface area contributed by atoms with Crippen LogP contribution in [0.1, 0.15) is 39.5 Å². The predicted molar refractivity (Wildman–Crippen MR) is 49.1 cm³/mol. The number of aliphatic hydroxyl groups is 1. The van der Waals surface area contributed by atoms with Crippen molar-refractivity contribution in [2.75, 3.05) is 6.61 Å². The molecule has 0 saturated carbocycles. The molecule has 0 aromatic heterocycles. The summed E-state index contributed by atoms with van der Waals surface area (Å²) in [7, 11) is 0. The Kier molecular flexibility index (Phi) is 4.02. The molecule has 0 bridgehead atoms. The second kappa shape index (κ2) is 4.83. The van der Waals surface area contributed by atoms with Crippen molar-refractivity contribution in [3.63, 3.8) is 0 Å². The van der Waals surface area contributed by atoms with Crippen molar-refractivity contribution in [1.82, 2.24) is 0 Å². The van der Waals surface area contributed by atoms with Crippen LogP contribution in [-0.2, 0) is 4.74 Å². The largest absolute Gasteiger partial charge is 0.393 e. The third-order valence-corrected chi connectivity index (χ3v) is 2.58. The second-order valence-corrected chi connectivity index (χ2v) is 4.02. The SMILES string of the molecule is CC(C)C(O)CCC1CCCO1. The molecular formula is C10H20O2. The Balaban J connectivity index is 2.07. The highest BCUT2D eigenvalue weighted by atomic mass is 16.5. The summed E-state index contributed by atoms with van der Waals surface area (Å²) >= 11 is 0. The molecule has 12 heavy (non-hydrogen) atoms. The smallest absolute Gasteiger partial charge is 0.0577 e. The maximum atomic E-state index is 9.53. The van der Waals surface area contributed by atoms with Gasteiger partial charge in [-0.15, -0.1) is 0 Å². The van der Waals surface area contributed by atoms with E-state index in [4.69, 9.17) is 4.74 Å². The molecule has 1 N–H and O–H groups in total. The van der Waals surface area contributed by atoms with Gasteiger partial charge in [0.25, 0.3) is 0 Å². The monoisotopic (exact) mass is 172 g/mol. The average Bonchev–Trinajstić information content (AvgIpc) is 2.51. The first kappa shape index (κ1) is 10.0. The summed E-state index contributed by atoms with van der Waals surface area (Å²) < 4.78 is 5.47. The van der Waals surface area contributed by atoms with Crippen molar-refractivity contribution < 1.29 is 9.84 Å². The molecule has 72 valence electrons. The van der Waals surface area contributed by atoms with Gasteiger partial charge in [0.1, 0.15) is 0 Å². The van der Waals surface area contributed by atoms with Crippen LogP contribution in [0.3, 0.4) is 0 Å². The zero-order valence-corrected chi connectivity index (χ0v) is 8.12. The average molecular weight is 172 g/mol. The number of hydrogen-bond acceptors (Lipinski definition) is 2. The van der Waals surface area contributed by atoms with Gasteiger partial charge in [-0.05, 0) is 31.6 Å². The first-order valence-electron chi connectivity index (χ1n) is 5.00. The normalized spacial score (nSPS) is 26.5. The van der Waals surface area contributed by atoms with Crippen LogP contribution in [0, 0.1) is 5.92 Å². The second-order valence-electron chi connectivity index (χ2n) is 4.02. The fourth-order valence-electron chi connectivity index (χ4n) is 1.56. The van der Waals surface area contributed by atoms with Gasteiger partial charge in [0.15, 0.2) is 0 Å². The first-order chi connectivity index (χ1) is 5.70. The van der Waals surface area contributed by atoms with Crippen LogP contribution in [0.4, 0.5) is 0 Å². The summed E-state index contributed by atoms with van der Waals surface area (Å²) in [5.74, 6) is 0.381. The maximum absolute atomic E-state index is 9.53. The fourth-order valence-corrected chi connectivity index (χ4v) is 1.56. The molecule has 2 heteroatoms. The van der Waals surface area contributed by atoms with Crippen LogP contribution >= 0.6 is 0 Å². The number of aliphatic hydroxyl groups excluding tert-OH is 1.